The molecule has 134 valence electrons. The number of rotatable bonds is 3. The highest BCUT2D eigenvalue weighted by molar-refractivity contribution is 7.80. The molecular weight excluding hydrogens is 351 g/mol. The summed E-state index contributed by atoms with van der Waals surface area (Å²) in [5.74, 6) is -0.859. The zero-order valence-electron chi connectivity index (χ0n) is 14.7. The van der Waals surface area contributed by atoms with Gasteiger partial charge in [0.15, 0.2) is 5.11 Å². The molecule has 1 atom stereocenters. The molecule has 1 N–H and O–H groups in total. The van der Waals surface area contributed by atoms with Crippen LogP contribution < -0.4 is 10.2 Å². The van der Waals surface area contributed by atoms with Crippen molar-refractivity contribution in [3.05, 3.63) is 76.7 Å². The number of esters is 1. The van der Waals surface area contributed by atoms with Crippen molar-refractivity contribution >= 4 is 29.0 Å². The molecule has 0 saturated heterocycles. The molecule has 4 nitrogen and oxygen atoms in total. The molecule has 0 bridgehead atoms. The molecule has 0 saturated carbocycles. The molecule has 0 spiro atoms. The van der Waals surface area contributed by atoms with Gasteiger partial charge in [0.1, 0.15) is 5.82 Å². The molecule has 0 fully saturated rings. The highest BCUT2D eigenvalue weighted by atomic mass is 32.1. The fraction of sp³-hybridized carbons (Fsp3) is 0.200. The second-order valence-electron chi connectivity index (χ2n) is 6.10. The molecule has 1 heterocycles. The Bertz CT molecular complexity index is 893. The number of carbonyl (C=O) groups is 1. The van der Waals surface area contributed by atoms with E-state index in [9.17, 15) is 9.18 Å². The fourth-order valence-electron chi connectivity index (χ4n) is 3.06. The monoisotopic (exact) mass is 370 g/mol. The topological polar surface area (TPSA) is 41.6 Å². The summed E-state index contributed by atoms with van der Waals surface area (Å²) >= 11 is 5.54. The van der Waals surface area contributed by atoms with Gasteiger partial charge >= 0.3 is 5.97 Å². The Morgan fingerprint density at radius 1 is 1.19 bits per heavy atom. The summed E-state index contributed by atoms with van der Waals surface area (Å²) in [6.45, 7) is 3.81. The Morgan fingerprint density at radius 2 is 1.88 bits per heavy atom. The molecule has 0 amide bonds. The quantitative estimate of drug-likeness (QED) is 0.653. The summed E-state index contributed by atoms with van der Waals surface area (Å²) in [6.07, 6.45) is 0. The van der Waals surface area contributed by atoms with Gasteiger partial charge in [-0.3, -0.25) is 4.90 Å². The molecule has 3 rings (SSSR count). The van der Waals surface area contributed by atoms with E-state index >= 15 is 0 Å². The fourth-order valence-corrected chi connectivity index (χ4v) is 3.42. The standard InChI is InChI=1S/C20H19FN2O2S/c1-12-7-9-16(10-8-12)23-13(2)17(19(24)25-3)18(22-20(23)26)14-5-4-6-15(21)11-14/h4-11,18H,1-3H3,(H,22,26)/t18-/m1/s1. The second-order valence-corrected chi connectivity index (χ2v) is 6.49. The summed E-state index contributed by atoms with van der Waals surface area (Å²) in [5, 5.41) is 3.59. The van der Waals surface area contributed by atoms with Crippen LogP contribution in [0.15, 0.2) is 59.8 Å². The van der Waals surface area contributed by atoms with Crippen LogP contribution in [-0.2, 0) is 9.53 Å². The molecule has 26 heavy (non-hydrogen) atoms. The predicted octanol–water partition coefficient (Wildman–Crippen LogP) is 4.02. The number of methoxy groups -OCH3 is 1. The largest absolute Gasteiger partial charge is 0.466 e. The molecular formula is C20H19FN2O2S. The van der Waals surface area contributed by atoms with Crippen LogP contribution in [0, 0.1) is 12.7 Å². The van der Waals surface area contributed by atoms with Crippen molar-refractivity contribution < 1.29 is 13.9 Å². The Morgan fingerprint density at radius 3 is 2.50 bits per heavy atom. The molecule has 6 heteroatoms. The average molecular weight is 370 g/mol. The van der Waals surface area contributed by atoms with Crippen LogP contribution in [0.3, 0.4) is 0 Å². The van der Waals surface area contributed by atoms with Gasteiger partial charge < -0.3 is 10.1 Å². The number of benzene rings is 2. The summed E-state index contributed by atoms with van der Waals surface area (Å²) in [4.78, 5) is 14.3. The minimum atomic E-state index is -0.577. The van der Waals surface area contributed by atoms with Crippen molar-refractivity contribution in [2.75, 3.05) is 12.0 Å². The van der Waals surface area contributed by atoms with E-state index in [4.69, 9.17) is 17.0 Å². The summed E-state index contributed by atoms with van der Waals surface area (Å²) < 4.78 is 18.7. The lowest BCUT2D eigenvalue weighted by Crippen LogP contribution is -2.48. The first kappa shape index (κ1) is 18.1. The van der Waals surface area contributed by atoms with Crippen LogP contribution in [0.5, 0.6) is 0 Å². The van der Waals surface area contributed by atoms with Gasteiger partial charge in [0, 0.05) is 11.4 Å². The maximum absolute atomic E-state index is 13.7. The predicted molar refractivity (Wildman–Crippen MR) is 103 cm³/mol. The normalized spacial score (nSPS) is 17.2. The van der Waals surface area contributed by atoms with E-state index in [2.05, 4.69) is 5.32 Å². The van der Waals surface area contributed by atoms with Crippen LogP contribution in [-0.4, -0.2) is 18.2 Å². The minimum absolute atomic E-state index is 0.377. The van der Waals surface area contributed by atoms with Crippen molar-refractivity contribution in [2.45, 2.75) is 19.9 Å². The van der Waals surface area contributed by atoms with Gasteiger partial charge in [0.2, 0.25) is 0 Å². The number of nitrogens with zero attached hydrogens (tertiary/aromatic N) is 1. The van der Waals surface area contributed by atoms with Crippen molar-refractivity contribution in [2.24, 2.45) is 0 Å². The molecule has 0 unspecified atom stereocenters. The van der Waals surface area contributed by atoms with Crippen LogP contribution in [0.2, 0.25) is 0 Å². The van der Waals surface area contributed by atoms with Crippen molar-refractivity contribution in [3.63, 3.8) is 0 Å². The highest BCUT2D eigenvalue weighted by Gasteiger charge is 2.35. The third-order valence-corrected chi connectivity index (χ3v) is 4.66. The van der Waals surface area contributed by atoms with Crippen LogP contribution in [0.25, 0.3) is 0 Å². The minimum Gasteiger partial charge on any atom is -0.466 e. The first-order valence-electron chi connectivity index (χ1n) is 8.14. The number of anilines is 1. The van der Waals surface area contributed by atoms with Gasteiger partial charge in [-0.2, -0.15) is 0 Å². The van der Waals surface area contributed by atoms with Crippen LogP contribution in [0.1, 0.15) is 24.1 Å². The molecule has 1 aliphatic rings. The van der Waals surface area contributed by atoms with E-state index in [0.29, 0.717) is 21.9 Å². The first-order chi connectivity index (χ1) is 12.4. The number of allylic oxidation sites excluding steroid dienone is 1. The number of ether oxygens (including phenoxy) is 1. The zero-order valence-corrected chi connectivity index (χ0v) is 15.6. The lowest BCUT2D eigenvalue weighted by atomic mass is 9.94. The molecule has 0 aromatic heterocycles. The van der Waals surface area contributed by atoms with Gasteiger partial charge in [-0.15, -0.1) is 0 Å². The Kier molecular flexibility index (Phi) is 5.04. The van der Waals surface area contributed by atoms with Crippen LogP contribution in [0.4, 0.5) is 10.1 Å². The lowest BCUT2D eigenvalue weighted by molar-refractivity contribution is -0.136. The number of hydrogen-bond acceptors (Lipinski definition) is 3. The third kappa shape index (κ3) is 3.32. The van der Waals surface area contributed by atoms with Gasteiger partial charge in [0.05, 0.1) is 18.7 Å². The van der Waals surface area contributed by atoms with E-state index in [-0.39, 0.29) is 5.82 Å². The van der Waals surface area contributed by atoms with E-state index in [0.717, 1.165) is 11.3 Å². The summed E-state index contributed by atoms with van der Waals surface area (Å²) in [5.41, 5.74) is 3.61. The number of nitrogens with one attached hydrogen (secondary N) is 1. The first-order valence-corrected chi connectivity index (χ1v) is 8.55. The van der Waals surface area contributed by atoms with E-state index in [1.54, 1.807) is 17.0 Å². The van der Waals surface area contributed by atoms with E-state index in [1.807, 2.05) is 38.1 Å². The Labute approximate surface area is 157 Å². The van der Waals surface area contributed by atoms with Gasteiger partial charge in [-0.25, -0.2) is 9.18 Å². The van der Waals surface area contributed by atoms with Gasteiger partial charge in [0.25, 0.3) is 0 Å². The molecule has 0 aliphatic carbocycles. The average Bonchev–Trinajstić information content (AvgIpc) is 2.62. The van der Waals surface area contributed by atoms with Crippen LogP contribution >= 0.6 is 12.2 Å². The molecule has 0 radical (unpaired) electrons. The van der Waals surface area contributed by atoms with Gasteiger partial charge in [-0.05, 0) is 55.9 Å². The lowest BCUT2D eigenvalue weighted by Gasteiger charge is -2.37. The van der Waals surface area contributed by atoms with E-state index in [1.165, 1.54) is 19.2 Å². The highest BCUT2D eigenvalue weighted by Crippen LogP contribution is 2.34. The SMILES string of the molecule is COC(=O)C1=C(C)N(c2ccc(C)cc2)C(=S)N[C@@H]1c1cccc(F)c1. The van der Waals surface area contributed by atoms with Crippen molar-refractivity contribution in [1.29, 1.82) is 0 Å². The third-order valence-electron chi connectivity index (χ3n) is 4.36. The van der Waals surface area contributed by atoms with Crippen molar-refractivity contribution in [1.82, 2.24) is 5.32 Å². The van der Waals surface area contributed by atoms with E-state index < -0.39 is 12.0 Å². The number of hydrogen-bond donors (Lipinski definition) is 1. The maximum Gasteiger partial charge on any atom is 0.337 e. The van der Waals surface area contributed by atoms with Gasteiger partial charge in [-0.1, -0.05) is 29.8 Å². The second kappa shape index (κ2) is 7.25. The summed E-state index contributed by atoms with van der Waals surface area (Å²) in [7, 11) is 1.33. The number of carbonyl (C=O) groups excluding carboxylic acids is 1. The molecule has 1 aliphatic heterocycles. The summed E-state index contributed by atoms with van der Waals surface area (Å²) in [6, 6.07) is 13.3. The molecule has 2 aromatic carbocycles. The Balaban J connectivity index is 2.13. The van der Waals surface area contributed by atoms with Crippen molar-refractivity contribution in [3.8, 4) is 0 Å². The smallest absolute Gasteiger partial charge is 0.337 e. The zero-order chi connectivity index (χ0) is 18.8. The number of thiocarbonyl (C=S) groups is 1. The number of aryl methyl sites for hydroxylation is 1. The Hall–Kier alpha value is -2.73. The number of halogens is 1. The maximum atomic E-state index is 13.7. The molecule has 2 aromatic rings.